The molecule has 0 amide bonds. The largest absolute Gasteiger partial charge is 0.480 e. The molecule has 2 atom stereocenters. The Balaban J connectivity index is 0.000000318. The van der Waals surface area contributed by atoms with Crippen LogP contribution in [0.1, 0.15) is 249 Å². The van der Waals surface area contributed by atoms with Crippen molar-refractivity contribution in [2.24, 2.45) is 11.8 Å². The molecule has 0 bridgehead atoms. The van der Waals surface area contributed by atoms with Crippen LogP contribution in [0.3, 0.4) is 0 Å². The van der Waals surface area contributed by atoms with E-state index in [1.807, 2.05) is 12.1 Å². The van der Waals surface area contributed by atoms with Crippen LogP contribution in [-0.2, 0) is 56.2 Å². The molecule has 0 spiro atoms. The molecule has 78 heavy (non-hydrogen) atoms. The second kappa shape index (κ2) is 26.1. The Morgan fingerprint density at radius 2 is 0.500 bits per heavy atom. The number of hydrogen-bond acceptors (Lipinski definition) is 6. The van der Waals surface area contributed by atoms with Crippen molar-refractivity contribution in [3.8, 4) is 34.5 Å². The highest BCUT2D eigenvalue weighted by Gasteiger charge is 2.29. The lowest BCUT2D eigenvalue weighted by molar-refractivity contribution is -0.103. The maximum Gasteiger partial charge on any atom is 0.182 e. The topological polar surface area (TPSA) is 55.4 Å². The second-order valence-corrected chi connectivity index (χ2v) is 31.2. The Labute approximate surface area is 482 Å². The average Bonchev–Trinajstić information content (AvgIpc) is 3.27. The van der Waals surface area contributed by atoms with E-state index < -0.39 is 0 Å². The minimum Gasteiger partial charge on any atom is -0.480 e. The second-order valence-electron chi connectivity index (χ2n) is 30.7. The van der Waals surface area contributed by atoms with Crippen molar-refractivity contribution in [1.82, 2.24) is 0 Å². The maximum atomic E-state index is 5.98. The van der Waals surface area contributed by atoms with Gasteiger partial charge in [0.05, 0.1) is 18.9 Å². The summed E-state index contributed by atoms with van der Waals surface area (Å²) in [5.74, 6) is 6.17. The summed E-state index contributed by atoms with van der Waals surface area (Å²) >= 11 is 0. The molecule has 5 aromatic carbocycles. The van der Waals surface area contributed by atoms with Crippen molar-refractivity contribution in [1.29, 1.82) is 0 Å². The van der Waals surface area contributed by atoms with Gasteiger partial charge < -0.3 is 9.05 Å². The molecule has 0 radical (unpaired) electrons. The first-order valence-corrected chi connectivity index (χ1v) is 29.4. The minimum atomic E-state index is -0.0527. The Kier molecular flexibility index (Phi) is 22.8. The van der Waals surface area contributed by atoms with Crippen LogP contribution in [0.2, 0.25) is 0 Å². The Bertz CT molecular complexity index is 2540. The van der Waals surface area contributed by atoms with Crippen molar-refractivity contribution in [3.63, 3.8) is 0 Å². The Morgan fingerprint density at radius 3 is 0.705 bits per heavy atom. The van der Waals surface area contributed by atoms with Crippen LogP contribution in [0, 0.1) is 11.8 Å². The van der Waals surface area contributed by atoms with Crippen LogP contribution >= 0.6 is 18.9 Å². The SMILES string of the molecule is CC(C)(C)c1cc(OP)c(C(C)(C)C)cc1OP.CC(C)(C)c1ccc(OOc2ccc(C(C)(C)C)cc2C(C)(C)C)c(C(C)(C)C)c1.CC(C)Cc1ccc(OOc2ccc(CC(C)C)cc2C(C)(C)C)c(C(C)(C)C)c1. The lowest BCUT2D eigenvalue weighted by Crippen LogP contribution is -2.20. The van der Waals surface area contributed by atoms with Gasteiger partial charge in [-0.3, -0.25) is 19.6 Å². The van der Waals surface area contributed by atoms with Crippen molar-refractivity contribution in [2.75, 3.05) is 0 Å². The van der Waals surface area contributed by atoms with Gasteiger partial charge >= 0.3 is 0 Å². The van der Waals surface area contributed by atoms with E-state index in [4.69, 9.17) is 28.6 Å². The highest BCUT2D eigenvalue weighted by atomic mass is 31.0. The lowest BCUT2D eigenvalue weighted by atomic mass is 9.80. The van der Waals surface area contributed by atoms with Crippen LogP contribution in [0.25, 0.3) is 0 Å². The molecule has 6 nitrogen and oxygen atoms in total. The quantitative estimate of drug-likeness (QED) is 0.0705. The van der Waals surface area contributed by atoms with E-state index in [2.05, 4.69) is 286 Å². The van der Waals surface area contributed by atoms with Gasteiger partial charge in [0.25, 0.3) is 0 Å². The predicted octanol–water partition coefficient (Wildman–Crippen LogP) is 20.9. The van der Waals surface area contributed by atoms with E-state index in [9.17, 15) is 0 Å². The molecule has 434 valence electrons. The normalized spacial score (nSPS) is 12.8. The van der Waals surface area contributed by atoms with Crippen molar-refractivity contribution >= 4 is 18.9 Å². The van der Waals surface area contributed by atoms with E-state index in [1.54, 1.807) is 0 Å². The molecule has 0 fully saturated rings. The Hall–Kier alpha value is -4.24. The third-order valence-electron chi connectivity index (χ3n) is 13.7. The van der Waals surface area contributed by atoms with E-state index >= 15 is 0 Å². The first kappa shape index (κ1) is 68.0. The summed E-state index contributed by atoms with van der Waals surface area (Å²) in [7, 11) is 4.67. The first-order chi connectivity index (χ1) is 35.3. The first-order valence-electron chi connectivity index (χ1n) is 28.5. The summed E-state index contributed by atoms with van der Waals surface area (Å²) in [5.41, 5.74) is 12.3. The summed E-state index contributed by atoms with van der Waals surface area (Å²) in [6, 6.07) is 30.0. The minimum absolute atomic E-state index is 0.0142. The molecule has 8 heteroatoms. The smallest absolute Gasteiger partial charge is 0.182 e. The molecule has 0 aliphatic carbocycles. The lowest BCUT2D eigenvalue weighted by Gasteiger charge is -2.28. The molecular formula is C70H108O6P2. The molecule has 0 aromatic heterocycles. The zero-order valence-electron chi connectivity index (χ0n) is 54.3. The monoisotopic (exact) mass is 1110 g/mol. The average molecular weight is 1110 g/mol. The van der Waals surface area contributed by atoms with Crippen LogP contribution in [0.15, 0.2) is 84.9 Å². The van der Waals surface area contributed by atoms with Gasteiger partial charge in [0, 0.05) is 33.4 Å². The highest BCUT2D eigenvalue weighted by Crippen LogP contribution is 2.44. The molecule has 5 aromatic rings. The van der Waals surface area contributed by atoms with Gasteiger partial charge in [0.1, 0.15) is 11.5 Å². The van der Waals surface area contributed by atoms with Gasteiger partial charge in [-0.2, -0.15) is 0 Å². The molecular weight excluding hydrogens is 999 g/mol. The van der Waals surface area contributed by atoms with E-state index in [-0.39, 0.29) is 43.3 Å². The van der Waals surface area contributed by atoms with Crippen molar-refractivity contribution in [2.45, 2.75) is 250 Å². The third kappa shape index (κ3) is 20.1. The predicted molar refractivity (Wildman–Crippen MR) is 342 cm³/mol. The standard InChI is InChI=1S/2C28H42O2.C14H24O2P2/c1-25(2,3)19-13-15-23(21(17-19)27(7,8)9)29-30-24-16-14-20(26(4,5)6)18-22(24)28(10,11)12;1-19(2)15-21-11-13-25(23(17-21)27(5,6)7)29-30-26-14-12-22(16-20(3)4)18-24(26)28(8,9)10;1-13(2,3)9-7-12(16-18)10(14(4,5)6)8-11(9)15-17/h13-18H,1-12H3;11-14,17-20H,15-16H2,1-10H3;7-8H,17-18H2,1-6H3. The van der Waals surface area contributed by atoms with Crippen LogP contribution in [0.5, 0.6) is 34.5 Å². The zero-order valence-corrected chi connectivity index (χ0v) is 56.6. The zero-order chi connectivity index (χ0) is 59.9. The molecule has 0 N–H and O–H groups in total. The highest BCUT2D eigenvalue weighted by molar-refractivity contribution is 7.10. The van der Waals surface area contributed by atoms with Gasteiger partial charge in [-0.25, -0.2) is 0 Å². The molecule has 0 aliphatic rings. The summed E-state index contributed by atoms with van der Waals surface area (Å²) in [6.45, 7) is 62.0. The molecule has 5 rings (SSSR count). The summed E-state index contributed by atoms with van der Waals surface area (Å²) in [4.78, 5) is 23.9. The van der Waals surface area contributed by atoms with Gasteiger partial charge in [0.15, 0.2) is 23.0 Å². The van der Waals surface area contributed by atoms with E-state index in [0.717, 1.165) is 69.6 Å². The molecule has 2 unspecified atom stereocenters. The number of benzene rings is 5. The molecule has 0 saturated heterocycles. The number of rotatable bonds is 12. The summed E-state index contributed by atoms with van der Waals surface area (Å²) < 4.78 is 10.9. The fraction of sp³-hybridized carbons (Fsp3) is 0.571. The summed E-state index contributed by atoms with van der Waals surface area (Å²) in [6.07, 6.45) is 2.13. The van der Waals surface area contributed by atoms with Crippen molar-refractivity contribution in [3.05, 3.63) is 141 Å². The van der Waals surface area contributed by atoms with Crippen LogP contribution in [0.4, 0.5) is 0 Å². The van der Waals surface area contributed by atoms with Crippen LogP contribution in [-0.4, -0.2) is 0 Å². The van der Waals surface area contributed by atoms with Gasteiger partial charge in [0.2, 0.25) is 0 Å². The fourth-order valence-electron chi connectivity index (χ4n) is 9.09. The maximum absolute atomic E-state index is 5.98. The van der Waals surface area contributed by atoms with Crippen LogP contribution < -0.4 is 28.6 Å². The fourth-order valence-corrected chi connectivity index (χ4v) is 9.48. The van der Waals surface area contributed by atoms with E-state index in [1.165, 1.54) is 33.4 Å². The van der Waals surface area contributed by atoms with Gasteiger partial charge in [-0.15, -0.1) is 0 Å². The van der Waals surface area contributed by atoms with E-state index in [0.29, 0.717) is 11.8 Å². The van der Waals surface area contributed by atoms with Crippen molar-refractivity contribution < 1.29 is 28.6 Å². The summed E-state index contributed by atoms with van der Waals surface area (Å²) in [5, 5.41) is 0. The molecule has 0 heterocycles. The van der Waals surface area contributed by atoms with Gasteiger partial charge in [-0.05, 0) is 127 Å². The Morgan fingerprint density at radius 1 is 0.282 bits per heavy atom. The van der Waals surface area contributed by atoms with Gasteiger partial charge in [-0.1, -0.05) is 242 Å². The number of hydrogen-bond donors (Lipinski definition) is 0. The molecule has 0 saturated carbocycles. The third-order valence-corrected chi connectivity index (χ3v) is 14.2. The molecule has 0 aliphatic heterocycles.